The van der Waals surface area contributed by atoms with Crippen molar-refractivity contribution >= 4 is 56.0 Å². The first kappa shape index (κ1) is 41.9. The number of ether oxygens (including phenoxy) is 2. The fourth-order valence-electron chi connectivity index (χ4n) is 6.83. The van der Waals surface area contributed by atoms with Crippen LogP contribution in [0.5, 0.6) is 5.75 Å². The average Bonchev–Trinajstić information content (AvgIpc) is 3.11. The molecule has 4 aromatic rings. The van der Waals surface area contributed by atoms with Crippen LogP contribution in [0.1, 0.15) is 65.5 Å². The topological polar surface area (TPSA) is 120 Å². The molecule has 13 heteroatoms. The third-order valence-corrected chi connectivity index (χ3v) is 17.7. The van der Waals surface area contributed by atoms with Gasteiger partial charge in [0.05, 0.1) is 24.7 Å². The van der Waals surface area contributed by atoms with Gasteiger partial charge in [-0.15, -0.1) is 0 Å². The number of nitrogens with one attached hydrogen (secondary N) is 2. The summed E-state index contributed by atoms with van der Waals surface area (Å²) in [6.07, 6.45) is 1.92. The summed E-state index contributed by atoms with van der Waals surface area (Å²) in [6.45, 7) is 13.7. The third kappa shape index (κ3) is 10.7. The molecule has 1 fully saturated rings. The van der Waals surface area contributed by atoms with Crippen LogP contribution >= 0.6 is 11.6 Å². The summed E-state index contributed by atoms with van der Waals surface area (Å²) < 4.78 is 79.2. The minimum Gasteiger partial charge on any atom is -0.493 e. The van der Waals surface area contributed by atoms with Crippen LogP contribution in [0, 0.1) is 5.92 Å². The molecule has 0 bridgehead atoms. The summed E-state index contributed by atoms with van der Waals surface area (Å²) in [5, 5.41) is 2.37. The van der Waals surface area contributed by atoms with Gasteiger partial charge in [-0.1, -0.05) is 105 Å². The fourth-order valence-corrected chi connectivity index (χ4v) is 14.3. The number of halogens is 1. The van der Waals surface area contributed by atoms with Gasteiger partial charge < -0.3 is 13.9 Å². The highest BCUT2D eigenvalue weighted by Crippen LogP contribution is 2.38. The molecule has 54 heavy (non-hydrogen) atoms. The second kappa shape index (κ2) is 17.3. The highest BCUT2D eigenvalue weighted by molar-refractivity contribution is 7.93. The molecule has 1 heterocycles. The van der Waals surface area contributed by atoms with E-state index in [2.05, 4.69) is 54.5 Å². The van der Waals surface area contributed by atoms with Crippen LogP contribution in [0.15, 0.2) is 102 Å². The van der Waals surface area contributed by atoms with E-state index in [4.69, 9.17) is 25.5 Å². The molecule has 1 saturated heterocycles. The number of hydrogen-bond acceptors (Lipinski definition) is 7. The number of anilines is 1. The van der Waals surface area contributed by atoms with Gasteiger partial charge >= 0.3 is 0 Å². The number of benzene rings is 4. The lowest BCUT2D eigenvalue weighted by molar-refractivity contribution is 0.0496. The summed E-state index contributed by atoms with van der Waals surface area (Å²) >= 11 is 6.29. The lowest BCUT2D eigenvalue weighted by Gasteiger charge is -2.43. The molecule has 5 rings (SSSR count). The van der Waals surface area contributed by atoms with Crippen LogP contribution < -0.4 is 24.6 Å². The minimum atomic E-state index is -4.19. The van der Waals surface area contributed by atoms with Gasteiger partial charge in [0.15, 0.2) is 0 Å². The molecule has 0 aliphatic carbocycles. The standard InChI is InChI=1S/C41H53ClN2O7S2Si/c1-40(2,3)44-53(47,48)39-27-32(30-51-54(41(4,5)6,35-13-9-7-10-14-35)36-15-11-8-12-16-36)17-20-37(39)43-52(45,46)26-23-33-18-19-34(42)28-38(33)50-29-31-21-24-49-25-22-31/h7-20,27-28,31,43-44H,21-26,29-30H2,1-6H3. The van der Waals surface area contributed by atoms with Gasteiger partial charge in [-0.2, -0.15) is 0 Å². The average molecular weight is 814 g/mol. The van der Waals surface area contributed by atoms with Crippen molar-refractivity contribution in [3.8, 4) is 5.75 Å². The molecule has 1 aliphatic rings. The van der Waals surface area contributed by atoms with E-state index < -0.39 is 33.9 Å². The zero-order valence-corrected chi connectivity index (χ0v) is 35.4. The quantitative estimate of drug-likeness (QED) is 0.121. The van der Waals surface area contributed by atoms with Gasteiger partial charge in [0.25, 0.3) is 8.32 Å². The zero-order chi connectivity index (χ0) is 39.2. The van der Waals surface area contributed by atoms with Gasteiger partial charge in [-0.05, 0) is 96.8 Å². The monoisotopic (exact) mass is 812 g/mol. The normalized spacial score (nSPS) is 14.9. The Bertz CT molecular complexity index is 2040. The molecule has 0 amide bonds. The molecule has 0 spiro atoms. The molecule has 2 N–H and O–H groups in total. The van der Waals surface area contributed by atoms with Crippen LogP contribution in [0.2, 0.25) is 10.1 Å². The summed E-state index contributed by atoms with van der Waals surface area (Å²) in [7, 11) is -11.2. The SMILES string of the molecule is CC(C)(C)NS(=O)(=O)c1cc(CO[Si](c2ccccc2)(c2ccccc2)C(C)(C)C)ccc1NS(=O)(=O)CCc1ccc(Cl)cc1OCC1CCOCC1. The number of rotatable bonds is 15. The van der Waals surface area contributed by atoms with E-state index in [1.807, 2.05) is 36.4 Å². The highest BCUT2D eigenvalue weighted by Gasteiger charge is 2.50. The Morgan fingerprint density at radius 3 is 2.00 bits per heavy atom. The van der Waals surface area contributed by atoms with Gasteiger partial charge in [0.1, 0.15) is 10.6 Å². The smallest absolute Gasteiger partial charge is 0.261 e. The second-order valence-corrected chi connectivity index (χ2v) is 24.2. The van der Waals surface area contributed by atoms with E-state index in [9.17, 15) is 16.8 Å². The van der Waals surface area contributed by atoms with Crippen molar-refractivity contribution in [1.82, 2.24) is 4.72 Å². The van der Waals surface area contributed by atoms with E-state index in [-0.39, 0.29) is 34.4 Å². The molecular weight excluding hydrogens is 760 g/mol. The summed E-state index contributed by atoms with van der Waals surface area (Å²) in [4.78, 5) is -0.184. The molecule has 0 radical (unpaired) electrons. The van der Waals surface area contributed by atoms with Gasteiger partial charge in [-0.25, -0.2) is 21.6 Å². The lowest BCUT2D eigenvalue weighted by atomic mass is 10.0. The van der Waals surface area contributed by atoms with E-state index in [0.717, 1.165) is 23.2 Å². The molecule has 4 aromatic carbocycles. The summed E-state index contributed by atoms with van der Waals surface area (Å²) in [5.74, 6) is 0.565. The van der Waals surface area contributed by atoms with E-state index in [0.29, 0.717) is 47.6 Å². The first-order valence-electron chi connectivity index (χ1n) is 18.3. The second-order valence-electron chi connectivity index (χ2n) is 15.9. The number of hydrogen-bond donors (Lipinski definition) is 2. The van der Waals surface area contributed by atoms with Crippen molar-refractivity contribution in [2.45, 2.75) is 82.9 Å². The Balaban J connectivity index is 1.43. The molecule has 0 aromatic heterocycles. The van der Waals surface area contributed by atoms with Crippen molar-refractivity contribution in [1.29, 1.82) is 0 Å². The Hall–Kier alpha value is -3.23. The predicted octanol–water partition coefficient (Wildman–Crippen LogP) is 7.28. The van der Waals surface area contributed by atoms with Crippen molar-refractivity contribution in [3.63, 3.8) is 0 Å². The van der Waals surface area contributed by atoms with Gasteiger partial charge in [-0.3, -0.25) is 4.72 Å². The van der Waals surface area contributed by atoms with Crippen LogP contribution in [-0.2, 0) is 42.2 Å². The number of sulfonamides is 2. The summed E-state index contributed by atoms with van der Waals surface area (Å²) in [5.41, 5.74) is 0.405. The van der Waals surface area contributed by atoms with E-state index in [1.165, 1.54) is 12.1 Å². The van der Waals surface area contributed by atoms with Crippen molar-refractivity contribution in [3.05, 3.63) is 113 Å². The van der Waals surface area contributed by atoms with E-state index in [1.54, 1.807) is 45.0 Å². The maximum absolute atomic E-state index is 14.0. The van der Waals surface area contributed by atoms with Gasteiger partial charge in [0, 0.05) is 23.8 Å². The first-order valence-corrected chi connectivity index (χ1v) is 23.7. The predicted molar refractivity (Wildman–Crippen MR) is 221 cm³/mol. The summed E-state index contributed by atoms with van der Waals surface area (Å²) in [6, 6.07) is 30.3. The van der Waals surface area contributed by atoms with E-state index >= 15 is 0 Å². The molecule has 1 aliphatic heterocycles. The van der Waals surface area contributed by atoms with Crippen molar-refractivity contribution in [2.75, 3.05) is 30.3 Å². The largest absolute Gasteiger partial charge is 0.493 e. The minimum absolute atomic E-state index is 0.0481. The molecule has 292 valence electrons. The molecule has 0 atom stereocenters. The van der Waals surface area contributed by atoms with Crippen LogP contribution in [0.25, 0.3) is 0 Å². The zero-order valence-electron chi connectivity index (χ0n) is 32.0. The van der Waals surface area contributed by atoms with Crippen LogP contribution in [-0.4, -0.2) is 56.3 Å². The molecule has 0 saturated carbocycles. The first-order chi connectivity index (χ1) is 25.4. The third-order valence-electron chi connectivity index (χ3n) is 9.40. The van der Waals surface area contributed by atoms with Crippen LogP contribution in [0.4, 0.5) is 5.69 Å². The lowest BCUT2D eigenvalue weighted by Crippen LogP contribution is -2.66. The molecule has 9 nitrogen and oxygen atoms in total. The number of aryl methyl sites for hydroxylation is 1. The Kier molecular flexibility index (Phi) is 13.4. The van der Waals surface area contributed by atoms with Crippen molar-refractivity contribution in [2.24, 2.45) is 5.92 Å². The maximum atomic E-state index is 14.0. The maximum Gasteiger partial charge on any atom is 0.261 e. The Morgan fingerprint density at radius 1 is 0.815 bits per heavy atom. The molecule has 0 unspecified atom stereocenters. The van der Waals surface area contributed by atoms with Crippen LogP contribution in [0.3, 0.4) is 0 Å². The van der Waals surface area contributed by atoms with Gasteiger partial charge in [0.2, 0.25) is 20.0 Å². The fraction of sp³-hybridized carbons (Fsp3) is 0.415. The Labute approximate surface area is 328 Å². The molecular formula is C41H53ClN2O7S2Si. The Morgan fingerprint density at radius 2 is 1.43 bits per heavy atom. The highest BCUT2D eigenvalue weighted by atomic mass is 35.5. The van der Waals surface area contributed by atoms with Crippen molar-refractivity contribution < 1.29 is 30.7 Å².